The first-order valence-electron chi connectivity index (χ1n) is 5.64. The Bertz CT molecular complexity index is 496. The molecule has 1 N–H and O–H groups in total. The molecule has 0 bridgehead atoms. The van der Waals surface area contributed by atoms with Crippen LogP contribution in [0.2, 0.25) is 5.15 Å². The molecule has 8 heteroatoms. The van der Waals surface area contributed by atoms with Crippen molar-refractivity contribution in [3.8, 4) is 0 Å². The number of carboxylic acid groups (broad SMARTS) is 1. The van der Waals surface area contributed by atoms with E-state index in [1.54, 1.807) is 0 Å². The van der Waals surface area contributed by atoms with Crippen LogP contribution in [-0.2, 0) is 4.79 Å². The Labute approximate surface area is 113 Å². The Morgan fingerprint density at radius 1 is 1.42 bits per heavy atom. The van der Waals surface area contributed by atoms with Gasteiger partial charge in [-0.25, -0.2) is 4.39 Å². The third-order valence-electron chi connectivity index (χ3n) is 3.00. The molecule has 0 aliphatic carbocycles. The summed E-state index contributed by atoms with van der Waals surface area (Å²) in [5, 5.41) is 16.1. The number of carbonyl (C=O) groups excluding carboxylic acids is 1. The number of hydrogen-bond acceptors (Lipinski definition) is 4. The van der Waals surface area contributed by atoms with Crippen LogP contribution in [0.3, 0.4) is 0 Å². The van der Waals surface area contributed by atoms with Crippen LogP contribution in [0.5, 0.6) is 0 Å². The molecule has 2 heterocycles. The fourth-order valence-electron chi connectivity index (χ4n) is 1.96. The van der Waals surface area contributed by atoms with Crippen LogP contribution in [0.4, 0.5) is 4.39 Å². The molecule has 1 fully saturated rings. The van der Waals surface area contributed by atoms with E-state index in [-0.39, 0.29) is 30.4 Å². The minimum Gasteiger partial charge on any atom is -0.481 e. The first-order valence-corrected chi connectivity index (χ1v) is 6.02. The summed E-state index contributed by atoms with van der Waals surface area (Å²) in [6.45, 7) is -0.0688. The van der Waals surface area contributed by atoms with E-state index < -0.39 is 24.0 Å². The molecule has 1 amide bonds. The third-order valence-corrected chi connectivity index (χ3v) is 3.20. The van der Waals surface area contributed by atoms with Gasteiger partial charge in [0.15, 0.2) is 10.8 Å². The number of piperidine rings is 1. The molecule has 0 radical (unpaired) electrons. The second kappa shape index (κ2) is 5.48. The van der Waals surface area contributed by atoms with Gasteiger partial charge >= 0.3 is 5.97 Å². The average molecular weight is 288 g/mol. The molecule has 2 unspecified atom stereocenters. The van der Waals surface area contributed by atoms with Crippen LogP contribution in [0.15, 0.2) is 12.1 Å². The highest BCUT2D eigenvalue weighted by molar-refractivity contribution is 6.29. The highest BCUT2D eigenvalue weighted by Crippen LogP contribution is 2.22. The fourth-order valence-corrected chi connectivity index (χ4v) is 2.06. The number of likely N-dealkylation sites (tertiary alicyclic amines) is 1. The summed E-state index contributed by atoms with van der Waals surface area (Å²) in [6.07, 6.45) is -1.49. The van der Waals surface area contributed by atoms with Crippen molar-refractivity contribution in [2.45, 2.75) is 12.6 Å². The molecule has 1 aliphatic heterocycles. The van der Waals surface area contributed by atoms with Crippen LogP contribution in [0, 0.1) is 5.92 Å². The Kier molecular flexibility index (Phi) is 3.94. The van der Waals surface area contributed by atoms with Gasteiger partial charge in [-0.3, -0.25) is 9.59 Å². The van der Waals surface area contributed by atoms with E-state index in [2.05, 4.69) is 10.2 Å². The normalized spacial score (nSPS) is 23.2. The molecule has 0 spiro atoms. The van der Waals surface area contributed by atoms with Gasteiger partial charge < -0.3 is 10.0 Å². The highest BCUT2D eigenvalue weighted by atomic mass is 35.5. The second-order valence-electron chi connectivity index (χ2n) is 4.24. The molecular formula is C11H11ClFN3O3. The van der Waals surface area contributed by atoms with Crippen LogP contribution in [0.25, 0.3) is 0 Å². The van der Waals surface area contributed by atoms with Crippen molar-refractivity contribution in [2.75, 3.05) is 13.1 Å². The number of carbonyl (C=O) groups is 2. The largest absolute Gasteiger partial charge is 0.481 e. The average Bonchev–Trinajstić information content (AvgIpc) is 2.38. The van der Waals surface area contributed by atoms with Crippen LogP contribution in [0.1, 0.15) is 16.9 Å². The van der Waals surface area contributed by atoms with Crippen molar-refractivity contribution in [3.63, 3.8) is 0 Å². The van der Waals surface area contributed by atoms with E-state index in [1.165, 1.54) is 17.0 Å². The maximum absolute atomic E-state index is 13.7. The first-order chi connectivity index (χ1) is 8.99. The lowest BCUT2D eigenvalue weighted by molar-refractivity contribution is -0.145. The number of rotatable bonds is 2. The molecular weight excluding hydrogens is 277 g/mol. The summed E-state index contributed by atoms with van der Waals surface area (Å²) in [4.78, 5) is 24.0. The molecule has 6 nitrogen and oxygen atoms in total. The van der Waals surface area contributed by atoms with E-state index in [1.807, 2.05) is 0 Å². The Morgan fingerprint density at radius 3 is 2.68 bits per heavy atom. The quantitative estimate of drug-likeness (QED) is 0.878. The molecule has 0 aromatic carbocycles. The third kappa shape index (κ3) is 2.98. The Hall–Kier alpha value is -1.76. The van der Waals surface area contributed by atoms with Gasteiger partial charge in [-0.1, -0.05) is 11.6 Å². The minimum atomic E-state index is -1.57. The maximum Gasteiger partial charge on any atom is 0.309 e. The van der Waals surface area contributed by atoms with E-state index in [4.69, 9.17) is 16.7 Å². The number of aromatic nitrogens is 2. The second-order valence-corrected chi connectivity index (χ2v) is 4.63. The van der Waals surface area contributed by atoms with Gasteiger partial charge in [0.1, 0.15) is 6.17 Å². The zero-order valence-electron chi connectivity index (χ0n) is 9.79. The smallest absolute Gasteiger partial charge is 0.309 e. The molecule has 0 saturated carbocycles. The summed E-state index contributed by atoms with van der Waals surface area (Å²) in [6, 6.07) is 2.81. The van der Waals surface area contributed by atoms with E-state index in [0.29, 0.717) is 0 Å². The monoisotopic (exact) mass is 287 g/mol. The van der Waals surface area contributed by atoms with Crippen LogP contribution >= 0.6 is 11.6 Å². The first kappa shape index (κ1) is 13.7. The predicted octanol–water partition coefficient (Wildman–Crippen LogP) is 1.01. The number of carboxylic acids is 1. The van der Waals surface area contributed by atoms with Crippen molar-refractivity contribution in [1.29, 1.82) is 0 Å². The van der Waals surface area contributed by atoms with E-state index in [0.717, 1.165) is 0 Å². The Balaban J connectivity index is 2.06. The molecule has 19 heavy (non-hydrogen) atoms. The van der Waals surface area contributed by atoms with Gasteiger partial charge in [0.05, 0.1) is 12.5 Å². The number of alkyl halides is 1. The number of nitrogens with zero attached hydrogens (tertiary/aromatic N) is 3. The summed E-state index contributed by atoms with van der Waals surface area (Å²) in [7, 11) is 0. The van der Waals surface area contributed by atoms with Gasteiger partial charge in [-0.2, -0.15) is 0 Å². The molecule has 2 atom stereocenters. The van der Waals surface area contributed by atoms with Gasteiger partial charge in [0.2, 0.25) is 0 Å². The van der Waals surface area contributed by atoms with Crippen molar-refractivity contribution >= 4 is 23.5 Å². The molecule has 1 aromatic rings. The van der Waals surface area contributed by atoms with Gasteiger partial charge in [-0.15, -0.1) is 10.2 Å². The maximum atomic E-state index is 13.7. The number of aliphatic carboxylic acids is 1. The van der Waals surface area contributed by atoms with Gasteiger partial charge in [0, 0.05) is 6.54 Å². The standard InChI is InChI=1S/C11H11ClFN3O3/c12-9-2-1-8(14-15-9)10(17)16-4-3-6(11(18)19)7(13)5-16/h1-2,6-7H,3-5H2,(H,18,19). The molecule has 1 aliphatic rings. The van der Waals surface area contributed by atoms with E-state index >= 15 is 0 Å². The Morgan fingerprint density at radius 2 is 2.16 bits per heavy atom. The molecule has 102 valence electrons. The fraction of sp³-hybridized carbons (Fsp3) is 0.455. The molecule has 2 rings (SSSR count). The highest BCUT2D eigenvalue weighted by Gasteiger charge is 2.36. The lowest BCUT2D eigenvalue weighted by atomic mass is 9.95. The van der Waals surface area contributed by atoms with Crippen molar-refractivity contribution in [3.05, 3.63) is 23.0 Å². The van der Waals surface area contributed by atoms with Crippen molar-refractivity contribution < 1.29 is 19.1 Å². The van der Waals surface area contributed by atoms with Gasteiger partial charge in [0.25, 0.3) is 5.91 Å². The summed E-state index contributed by atoms with van der Waals surface area (Å²) in [5.74, 6) is -2.71. The van der Waals surface area contributed by atoms with Crippen LogP contribution in [-0.4, -0.2) is 51.3 Å². The SMILES string of the molecule is O=C(O)C1CCN(C(=O)c2ccc(Cl)nn2)CC1F. The summed E-state index contributed by atoms with van der Waals surface area (Å²) < 4.78 is 13.7. The topological polar surface area (TPSA) is 83.4 Å². The molecule has 1 aromatic heterocycles. The lowest BCUT2D eigenvalue weighted by Crippen LogP contribution is -2.47. The van der Waals surface area contributed by atoms with Crippen LogP contribution < -0.4 is 0 Å². The summed E-state index contributed by atoms with van der Waals surface area (Å²) >= 11 is 5.56. The lowest BCUT2D eigenvalue weighted by Gasteiger charge is -2.32. The van der Waals surface area contributed by atoms with Crippen molar-refractivity contribution in [2.24, 2.45) is 5.92 Å². The predicted molar refractivity (Wildman–Crippen MR) is 63.6 cm³/mol. The van der Waals surface area contributed by atoms with E-state index in [9.17, 15) is 14.0 Å². The minimum absolute atomic E-state index is 0.0605. The summed E-state index contributed by atoms with van der Waals surface area (Å²) in [5.41, 5.74) is 0.0605. The molecule has 1 saturated heterocycles. The zero-order valence-corrected chi connectivity index (χ0v) is 10.5. The van der Waals surface area contributed by atoms with Gasteiger partial charge in [-0.05, 0) is 18.6 Å². The van der Waals surface area contributed by atoms with Crippen molar-refractivity contribution in [1.82, 2.24) is 15.1 Å². The number of hydrogen-bond donors (Lipinski definition) is 1. The number of amides is 1. The zero-order chi connectivity index (χ0) is 14.0. The number of halogens is 2.